The van der Waals surface area contributed by atoms with Crippen LogP contribution in [0, 0.1) is 0 Å². The summed E-state index contributed by atoms with van der Waals surface area (Å²) in [5.74, 6) is -3.73. The van der Waals surface area contributed by atoms with E-state index >= 15 is 0 Å². The number of benzene rings is 1. The predicted octanol–water partition coefficient (Wildman–Crippen LogP) is 2.64. The van der Waals surface area contributed by atoms with E-state index in [9.17, 15) is 22.0 Å². The average Bonchev–Trinajstić information content (AvgIpc) is 2.36. The molecular formula is C11H12ClF2NO3S. The molecule has 0 spiro atoms. The molecule has 0 atom stereocenters. The number of hydrogen-bond donors (Lipinski definition) is 1. The van der Waals surface area contributed by atoms with E-state index in [1.54, 1.807) is 0 Å². The molecule has 1 aromatic carbocycles. The summed E-state index contributed by atoms with van der Waals surface area (Å²) in [6, 6.07) is 5.04. The zero-order chi connectivity index (χ0) is 14.5. The normalized spacial score (nSPS) is 11.6. The maximum Gasteiger partial charge on any atom is 0.341 e. The van der Waals surface area contributed by atoms with Crippen molar-refractivity contribution in [2.45, 2.75) is 23.5 Å². The summed E-state index contributed by atoms with van der Waals surface area (Å²) in [5.41, 5.74) is -0.151. The Morgan fingerprint density at radius 1 is 1.32 bits per heavy atom. The predicted molar refractivity (Wildman–Crippen MR) is 68.2 cm³/mol. The second kappa shape index (κ2) is 6.81. The fourth-order valence-electron chi connectivity index (χ4n) is 1.35. The van der Waals surface area contributed by atoms with Crippen LogP contribution in [0.4, 0.5) is 14.5 Å². The number of carbonyl (C=O) groups excluding carboxylic acids is 1. The lowest BCUT2D eigenvalue weighted by atomic mass is 10.3. The van der Waals surface area contributed by atoms with Gasteiger partial charge in [-0.15, -0.1) is 11.6 Å². The van der Waals surface area contributed by atoms with Crippen molar-refractivity contribution < 1.29 is 22.0 Å². The summed E-state index contributed by atoms with van der Waals surface area (Å²) in [4.78, 5) is 10.9. The zero-order valence-corrected chi connectivity index (χ0v) is 11.3. The van der Waals surface area contributed by atoms with E-state index in [-0.39, 0.29) is 18.0 Å². The first-order valence-corrected chi connectivity index (χ1v) is 7.44. The van der Waals surface area contributed by atoms with Gasteiger partial charge in [-0.1, -0.05) is 12.1 Å². The van der Waals surface area contributed by atoms with Crippen LogP contribution < -0.4 is 5.32 Å². The van der Waals surface area contributed by atoms with Gasteiger partial charge >= 0.3 is 5.76 Å². The van der Waals surface area contributed by atoms with Gasteiger partial charge in [0.2, 0.25) is 15.7 Å². The molecule has 0 unspecified atom stereocenters. The number of sulfone groups is 1. The SMILES string of the molecule is O=C(CCCCl)Nc1ccccc1S(=O)(=O)C(F)F. The molecule has 1 N–H and O–H groups in total. The van der Waals surface area contributed by atoms with Crippen molar-refractivity contribution in [2.75, 3.05) is 11.2 Å². The van der Waals surface area contributed by atoms with Crippen molar-refractivity contribution in [3.63, 3.8) is 0 Å². The van der Waals surface area contributed by atoms with Crippen molar-refractivity contribution in [1.29, 1.82) is 0 Å². The second-order valence-corrected chi connectivity index (χ2v) is 5.91. The molecule has 0 heterocycles. The Hall–Kier alpha value is -1.21. The minimum atomic E-state index is -4.75. The van der Waals surface area contributed by atoms with Gasteiger partial charge in [0.05, 0.1) is 10.6 Å². The summed E-state index contributed by atoms with van der Waals surface area (Å²) >= 11 is 5.42. The Balaban J connectivity index is 3.01. The van der Waals surface area contributed by atoms with E-state index in [1.165, 1.54) is 18.2 Å². The fourth-order valence-corrected chi connectivity index (χ4v) is 2.37. The van der Waals surface area contributed by atoms with Gasteiger partial charge in [-0.25, -0.2) is 8.42 Å². The third kappa shape index (κ3) is 4.14. The van der Waals surface area contributed by atoms with Crippen LogP contribution in [0.25, 0.3) is 0 Å². The van der Waals surface area contributed by atoms with Crippen LogP contribution in [0.2, 0.25) is 0 Å². The lowest BCUT2D eigenvalue weighted by Gasteiger charge is -2.10. The number of alkyl halides is 3. The highest BCUT2D eigenvalue weighted by Crippen LogP contribution is 2.26. The lowest BCUT2D eigenvalue weighted by molar-refractivity contribution is -0.116. The van der Waals surface area contributed by atoms with Gasteiger partial charge in [-0.3, -0.25) is 4.79 Å². The maximum absolute atomic E-state index is 12.5. The van der Waals surface area contributed by atoms with Crippen LogP contribution in [0.5, 0.6) is 0 Å². The molecule has 0 aromatic heterocycles. The van der Waals surface area contributed by atoms with Crippen molar-refractivity contribution in [1.82, 2.24) is 0 Å². The molecular weight excluding hydrogens is 300 g/mol. The number of amides is 1. The fraction of sp³-hybridized carbons (Fsp3) is 0.364. The first-order valence-electron chi connectivity index (χ1n) is 5.36. The Labute approximate surface area is 114 Å². The molecule has 1 rings (SSSR count). The van der Waals surface area contributed by atoms with Gasteiger partial charge < -0.3 is 5.32 Å². The molecule has 0 aliphatic carbocycles. The third-order valence-electron chi connectivity index (χ3n) is 2.24. The van der Waals surface area contributed by atoms with Crippen molar-refractivity contribution in [3.05, 3.63) is 24.3 Å². The molecule has 19 heavy (non-hydrogen) atoms. The monoisotopic (exact) mass is 311 g/mol. The van der Waals surface area contributed by atoms with Gasteiger partial charge in [0, 0.05) is 12.3 Å². The van der Waals surface area contributed by atoms with Crippen LogP contribution in [0.3, 0.4) is 0 Å². The molecule has 0 radical (unpaired) electrons. The Morgan fingerprint density at radius 2 is 1.95 bits per heavy atom. The number of nitrogens with one attached hydrogen (secondary N) is 1. The van der Waals surface area contributed by atoms with Crippen molar-refractivity contribution >= 4 is 33.0 Å². The van der Waals surface area contributed by atoms with E-state index in [0.717, 1.165) is 6.07 Å². The largest absolute Gasteiger partial charge is 0.341 e. The second-order valence-electron chi connectivity index (χ2n) is 3.64. The lowest BCUT2D eigenvalue weighted by Crippen LogP contribution is -2.17. The molecule has 1 amide bonds. The molecule has 0 fully saturated rings. The van der Waals surface area contributed by atoms with E-state index in [2.05, 4.69) is 5.32 Å². The smallest absolute Gasteiger partial charge is 0.325 e. The molecule has 0 aliphatic rings. The average molecular weight is 312 g/mol. The Kier molecular flexibility index (Phi) is 5.68. The molecule has 8 heteroatoms. The standard InChI is InChI=1S/C11H12ClF2NO3S/c12-7-3-6-10(16)15-8-4-1-2-5-9(8)19(17,18)11(13)14/h1-2,4-5,11H,3,6-7H2,(H,15,16). The highest BCUT2D eigenvalue weighted by molar-refractivity contribution is 7.91. The van der Waals surface area contributed by atoms with Gasteiger partial charge in [-0.05, 0) is 18.6 Å². The minimum Gasteiger partial charge on any atom is -0.325 e. The Bertz CT molecular complexity index is 549. The Morgan fingerprint density at radius 3 is 2.53 bits per heavy atom. The van der Waals surface area contributed by atoms with E-state index < -0.39 is 26.4 Å². The number of rotatable bonds is 6. The molecule has 106 valence electrons. The van der Waals surface area contributed by atoms with Crippen LogP contribution in [0.15, 0.2) is 29.2 Å². The van der Waals surface area contributed by atoms with Crippen LogP contribution in [-0.2, 0) is 14.6 Å². The van der Waals surface area contributed by atoms with Crippen LogP contribution in [0.1, 0.15) is 12.8 Å². The van der Waals surface area contributed by atoms with Crippen LogP contribution >= 0.6 is 11.6 Å². The van der Waals surface area contributed by atoms with Crippen LogP contribution in [-0.4, -0.2) is 26.0 Å². The number of anilines is 1. The summed E-state index contributed by atoms with van der Waals surface area (Å²) in [6.07, 6.45) is 0.504. The number of carbonyl (C=O) groups is 1. The van der Waals surface area contributed by atoms with E-state index in [0.29, 0.717) is 6.42 Å². The minimum absolute atomic E-state index is 0.0898. The molecule has 0 aliphatic heterocycles. The third-order valence-corrected chi connectivity index (χ3v) is 3.95. The quantitative estimate of drug-likeness (QED) is 0.821. The summed E-state index contributed by atoms with van der Waals surface area (Å²) in [6.45, 7) is 0. The first kappa shape index (κ1) is 15.8. The van der Waals surface area contributed by atoms with Crippen molar-refractivity contribution in [3.8, 4) is 0 Å². The zero-order valence-electron chi connectivity index (χ0n) is 9.77. The molecule has 0 saturated carbocycles. The summed E-state index contributed by atoms with van der Waals surface area (Å²) in [7, 11) is -4.75. The summed E-state index contributed by atoms with van der Waals surface area (Å²) in [5, 5.41) is 2.30. The molecule has 0 saturated heterocycles. The maximum atomic E-state index is 12.5. The highest BCUT2D eigenvalue weighted by atomic mass is 35.5. The van der Waals surface area contributed by atoms with Crippen molar-refractivity contribution in [2.24, 2.45) is 0 Å². The van der Waals surface area contributed by atoms with E-state index in [1.807, 2.05) is 0 Å². The van der Waals surface area contributed by atoms with Gasteiger partial charge in [-0.2, -0.15) is 8.78 Å². The number of hydrogen-bond acceptors (Lipinski definition) is 3. The first-order chi connectivity index (χ1) is 8.89. The highest BCUT2D eigenvalue weighted by Gasteiger charge is 2.29. The van der Waals surface area contributed by atoms with Gasteiger partial charge in [0.25, 0.3) is 0 Å². The van der Waals surface area contributed by atoms with Gasteiger partial charge in [0.1, 0.15) is 0 Å². The molecule has 1 aromatic rings. The topological polar surface area (TPSA) is 63.2 Å². The van der Waals surface area contributed by atoms with Gasteiger partial charge in [0.15, 0.2) is 0 Å². The molecule has 0 bridgehead atoms. The number of para-hydroxylation sites is 1. The molecule has 4 nitrogen and oxygen atoms in total. The number of halogens is 3. The van der Waals surface area contributed by atoms with E-state index in [4.69, 9.17) is 11.6 Å². The summed E-state index contributed by atoms with van der Waals surface area (Å²) < 4.78 is 47.9.